The van der Waals surface area contributed by atoms with Gasteiger partial charge in [-0.1, -0.05) is 53.7 Å². The minimum Gasteiger partial charge on any atom is -0.271 e. The minimum absolute atomic E-state index is 0.136. The average molecular weight is 306 g/mol. The topological polar surface area (TPSA) is 38.0 Å². The minimum atomic E-state index is 0.136. The molecule has 0 radical (unpaired) electrons. The zero-order chi connectivity index (χ0) is 12.0. The van der Waals surface area contributed by atoms with E-state index in [4.69, 9.17) is 17.4 Å². The van der Waals surface area contributed by atoms with Crippen molar-refractivity contribution >= 4 is 27.5 Å². The van der Waals surface area contributed by atoms with Crippen molar-refractivity contribution in [1.82, 2.24) is 5.43 Å². The summed E-state index contributed by atoms with van der Waals surface area (Å²) in [6.07, 6.45) is 4.61. The number of nitrogens with one attached hydrogen (secondary N) is 1. The van der Waals surface area contributed by atoms with Crippen LogP contribution in [0.4, 0.5) is 0 Å². The fourth-order valence-corrected chi connectivity index (χ4v) is 2.34. The van der Waals surface area contributed by atoms with Crippen LogP contribution in [0, 0.1) is 0 Å². The molecule has 0 saturated heterocycles. The molecule has 0 aliphatic heterocycles. The van der Waals surface area contributed by atoms with Crippen LogP contribution in [0.25, 0.3) is 0 Å². The summed E-state index contributed by atoms with van der Waals surface area (Å²) in [6.45, 7) is 2.19. The SMILES string of the molecule is CCCCCC(NN)c1cc(Br)ccc1Cl. The van der Waals surface area contributed by atoms with E-state index in [1.165, 1.54) is 12.8 Å². The largest absolute Gasteiger partial charge is 0.271 e. The van der Waals surface area contributed by atoms with Crippen molar-refractivity contribution in [3.63, 3.8) is 0 Å². The van der Waals surface area contributed by atoms with E-state index in [-0.39, 0.29) is 6.04 Å². The van der Waals surface area contributed by atoms with Gasteiger partial charge < -0.3 is 0 Å². The number of benzene rings is 1. The zero-order valence-electron chi connectivity index (χ0n) is 9.47. The lowest BCUT2D eigenvalue weighted by Gasteiger charge is -2.17. The number of hydrogen-bond acceptors (Lipinski definition) is 2. The number of hydrogen-bond donors (Lipinski definition) is 2. The van der Waals surface area contributed by atoms with Gasteiger partial charge in [-0.05, 0) is 30.2 Å². The summed E-state index contributed by atoms with van der Waals surface area (Å²) >= 11 is 9.61. The standard InChI is InChI=1S/C12H18BrClN2/c1-2-3-4-5-12(16-15)10-8-9(13)6-7-11(10)14/h6-8,12,16H,2-5,15H2,1H3. The summed E-state index contributed by atoms with van der Waals surface area (Å²) in [5, 5.41) is 0.766. The molecule has 0 bridgehead atoms. The molecule has 1 unspecified atom stereocenters. The highest BCUT2D eigenvalue weighted by atomic mass is 79.9. The van der Waals surface area contributed by atoms with E-state index in [9.17, 15) is 0 Å². The quantitative estimate of drug-likeness (QED) is 0.470. The van der Waals surface area contributed by atoms with Crippen LogP contribution in [0.15, 0.2) is 22.7 Å². The number of hydrazine groups is 1. The molecule has 0 aliphatic carbocycles. The molecule has 1 atom stereocenters. The van der Waals surface area contributed by atoms with Crippen LogP contribution >= 0.6 is 27.5 Å². The van der Waals surface area contributed by atoms with E-state index < -0.39 is 0 Å². The third-order valence-electron chi connectivity index (χ3n) is 2.63. The van der Waals surface area contributed by atoms with Gasteiger partial charge in [-0.25, -0.2) is 0 Å². The second kappa shape index (κ2) is 7.28. The van der Waals surface area contributed by atoms with Crippen LogP contribution in [0.1, 0.15) is 44.2 Å². The third kappa shape index (κ3) is 4.06. The highest BCUT2D eigenvalue weighted by molar-refractivity contribution is 9.10. The van der Waals surface area contributed by atoms with Crippen LogP contribution in [0.3, 0.4) is 0 Å². The Morgan fingerprint density at radius 1 is 1.44 bits per heavy atom. The molecule has 2 nitrogen and oxygen atoms in total. The molecule has 90 valence electrons. The molecule has 16 heavy (non-hydrogen) atoms. The van der Waals surface area contributed by atoms with E-state index in [0.717, 1.165) is 27.9 Å². The summed E-state index contributed by atoms with van der Waals surface area (Å²) in [6, 6.07) is 5.99. The molecule has 4 heteroatoms. The Hall–Kier alpha value is -0.0900. The fraction of sp³-hybridized carbons (Fsp3) is 0.500. The molecular weight excluding hydrogens is 288 g/mol. The van der Waals surface area contributed by atoms with Gasteiger partial charge in [0, 0.05) is 15.5 Å². The second-order valence-corrected chi connectivity index (χ2v) is 5.20. The first-order valence-electron chi connectivity index (χ1n) is 5.60. The summed E-state index contributed by atoms with van der Waals surface area (Å²) in [5.74, 6) is 5.58. The van der Waals surface area contributed by atoms with Gasteiger partial charge >= 0.3 is 0 Å². The fourth-order valence-electron chi connectivity index (χ4n) is 1.71. The van der Waals surface area contributed by atoms with Gasteiger partial charge in [-0.3, -0.25) is 11.3 Å². The van der Waals surface area contributed by atoms with Gasteiger partial charge in [-0.2, -0.15) is 0 Å². The van der Waals surface area contributed by atoms with Gasteiger partial charge in [-0.15, -0.1) is 0 Å². The smallest absolute Gasteiger partial charge is 0.0475 e. The number of halogens is 2. The summed E-state index contributed by atoms with van der Waals surface area (Å²) < 4.78 is 1.03. The Morgan fingerprint density at radius 2 is 2.19 bits per heavy atom. The first kappa shape index (κ1) is 14.0. The predicted molar refractivity (Wildman–Crippen MR) is 73.4 cm³/mol. The van der Waals surface area contributed by atoms with Crippen molar-refractivity contribution < 1.29 is 0 Å². The number of nitrogens with two attached hydrogens (primary N) is 1. The predicted octanol–water partition coefficient (Wildman–Crippen LogP) is 4.19. The van der Waals surface area contributed by atoms with Crippen molar-refractivity contribution in [3.8, 4) is 0 Å². The zero-order valence-corrected chi connectivity index (χ0v) is 11.8. The molecule has 0 spiro atoms. The molecule has 0 fully saturated rings. The van der Waals surface area contributed by atoms with E-state index in [1.807, 2.05) is 18.2 Å². The van der Waals surface area contributed by atoms with Gasteiger partial charge in [0.15, 0.2) is 0 Å². The molecule has 1 aromatic rings. The molecule has 0 amide bonds. The van der Waals surface area contributed by atoms with Gasteiger partial charge in [0.25, 0.3) is 0 Å². The Kier molecular flexibility index (Phi) is 6.36. The van der Waals surface area contributed by atoms with Crippen LogP contribution < -0.4 is 11.3 Å². The van der Waals surface area contributed by atoms with Gasteiger partial charge in [0.2, 0.25) is 0 Å². The maximum atomic E-state index is 6.17. The molecule has 0 aromatic heterocycles. The maximum Gasteiger partial charge on any atom is 0.0475 e. The number of unbranched alkanes of at least 4 members (excludes halogenated alkanes) is 2. The van der Waals surface area contributed by atoms with Gasteiger partial charge in [0.05, 0.1) is 0 Å². The summed E-state index contributed by atoms with van der Waals surface area (Å²) in [4.78, 5) is 0. The van der Waals surface area contributed by atoms with Crippen LogP contribution in [-0.2, 0) is 0 Å². The lowest BCUT2D eigenvalue weighted by atomic mass is 10.0. The molecule has 1 rings (SSSR count). The monoisotopic (exact) mass is 304 g/mol. The molecule has 3 N–H and O–H groups in total. The lowest BCUT2D eigenvalue weighted by molar-refractivity contribution is 0.487. The summed E-state index contributed by atoms with van der Waals surface area (Å²) in [5.41, 5.74) is 3.90. The van der Waals surface area contributed by atoms with Crippen molar-refractivity contribution in [3.05, 3.63) is 33.3 Å². The van der Waals surface area contributed by atoms with E-state index in [0.29, 0.717) is 0 Å². The number of rotatable bonds is 6. The van der Waals surface area contributed by atoms with Crippen LogP contribution in [0.5, 0.6) is 0 Å². The van der Waals surface area contributed by atoms with Crippen LogP contribution in [0.2, 0.25) is 5.02 Å². The highest BCUT2D eigenvalue weighted by Crippen LogP contribution is 2.29. The lowest BCUT2D eigenvalue weighted by Crippen LogP contribution is -2.28. The normalized spacial score (nSPS) is 12.8. The molecule has 0 saturated carbocycles. The Morgan fingerprint density at radius 3 is 2.81 bits per heavy atom. The second-order valence-electron chi connectivity index (χ2n) is 3.88. The van der Waals surface area contributed by atoms with E-state index in [2.05, 4.69) is 28.3 Å². The highest BCUT2D eigenvalue weighted by Gasteiger charge is 2.13. The van der Waals surface area contributed by atoms with Gasteiger partial charge in [0.1, 0.15) is 0 Å². The molecular formula is C12H18BrClN2. The van der Waals surface area contributed by atoms with Crippen molar-refractivity contribution in [2.45, 2.75) is 38.6 Å². The Labute approximate surface area is 111 Å². The average Bonchev–Trinajstić information content (AvgIpc) is 2.28. The van der Waals surface area contributed by atoms with Crippen molar-refractivity contribution in [2.24, 2.45) is 5.84 Å². The maximum absolute atomic E-state index is 6.17. The Bertz CT molecular complexity index is 331. The first-order chi connectivity index (χ1) is 7.69. The molecule has 0 heterocycles. The molecule has 1 aromatic carbocycles. The first-order valence-corrected chi connectivity index (χ1v) is 6.77. The van der Waals surface area contributed by atoms with E-state index >= 15 is 0 Å². The van der Waals surface area contributed by atoms with Crippen molar-refractivity contribution in [1.29, 1.82) is 0 Å². The van der Waals surface area contributed by atoms with Crippen LogP contribution in [-0.4, -0.2) is 0 Å². The summed E-state index contributed by atoms with van der Waals surface area (Å²) in [7, 11) is 0. The third-order valence-corrected chi connectivity index (χ3v) is 3.47. The molecule has 0 aliphatic rings. The Balaban J connectivity index is 2.73. The van der Waals surface area contributed by atoms with E-state index in [1.54, 1.807) is 0 Å². The van der Waals surface area contributed by atoms with Crippen molar-refractivity contribution in [2.75, 3.05) is 0 Å².